The number of hydrogen-bond acceptors (Lipinski definition) is 2. The highest BCUT2D eigenvalue weighted by Crippen LogP contribution is 2.56. The summed E-state index contributed by atoms with van der Waals surface area (Å²) in [6.45, 7) is 0. The SMILES string of the molecule is O=C(c1ccccc1)C1C(C(=O)c2ccccc2)C1c1ccccc1. The van der Waals surface area contributed by atoms with Gasteiger partial charge < -0.3 is 0 Å². The van der Waals surface area contributed by atoms with Crippen molar-refractivity contribution >= 4 is 11.6 Å². The molecule has 1 aliphatic rings. The van der Waals surface area contributed by atoms with Gasteiger partial charge in [-0.15, -0.1) is 0 Å². The Kier molecular flexibility index (Phi) is 4.02. The van der Waals surface area contributed by atoms with Crippen molar-refractivity contribution in [3.8, 4) is 0 Å². The van der Waals surface area contributed by atoms with E-state index in [0.29, 0.717) is 11.1 Å². The number of rotatable bonds is 5. The molecule has 2 atom stereocenters. The van der Waals surface area contributed by atoms with Gasteiger partial charge in [0.25, 0.3) is 0 Å². The van der Waals surface area contributed by atoms with E-state index < -0.39 is 0 Å². The number of Topliss-reactive ketones (excluding diaryl/α,β-unsaturated/α-hetero) is 2. The van der Waals surface area contributed by atoms with Crippen molar-refractivity contribution in [1.29, 1.82) is 0 Å². The highest BCUT2D eigenvalue weighted by Gasteiger charge is 2.58. The fourth-order valence-electron chi connectivity index (χ4n) is 3.64. The highest BCUT2D eigenvalue weighted by atomic mass is 16.1. The van der Waals surface area contributed by atoms with E-state index in [1.807, 2.05) is 91.0 Å². The molecule has 1 aliphatic carbocycles. The Morgan fingerprint density at radius 3 is 1.28 bits per heavy atom. The minimum absolute atomic E-state index is 0.0402. The Hall–Kier alpha value is -3.00. The van der Waals surface area contributed by atoms with Gasteiger partial charge in [0, 0.05) is 28.9 Å². The van der Waals surface area contributed by atoms with Crippen LogP contribution in [0, 0.1) is 11.8 Å². The molecule has 0 spiro atoms. The summed E-state index contributed by atoms with van der Waals surface area (Å²) in [5.41, 5.74) is 2.42. The summed E-state index contributed by atoms with van der Waals surface area (Å²) < 4.78 is 0. The van der Waals surface area contributed by atoms with Crippen molar-refractivity contribution in [2.24, 2.45) is 11.8 Å². The van der Waals surface area contributed by atoms with Gasteiger partial charge in [-0.3, -0.25) is 9.59 Å². The Morgan fingerprint density at radius 1 is 0.520 bits per heavy atom. The lowest BCUT2D eigenvalue weighted by atomic mass is 10.0. The first kappa shape index (κ1) is 15.5. The first-order valence-electron chi connectivity index (χ1n) is 8.51. The first-order valence-corrected chi connectivity index (χ1v) is 8.51. The van der Waals surface area contributed by atoms with Crippen LogP contribution in [-0.2, 0) is 0 Å². The zero-order chi connectivity index (χ0) is 17.2. The summed E-state index contributed by atoms with van der Waals surface area (Å²) in [6.07, 6.45) is 0. The Bertz CT molecular complexity index is 828. The van der Waals surface area contributed by atoms with Crippen LogP contribution in [-0.4, -0.2) is 11.6 Å². The summed E-state index contributed by atoms with van der Waals surface area (Å²) in [4.78, 5) is 26.0. The average molecular weight is 326 g/mol. The maximum Gasteiger partial charge on any atom is 0.167 e. The monoisotopic (exact) mass is 326 g/mol. The van der Waals surface area contributed by atoms with Crippen LogP contribution in [0.15, 0.2) is 91.0 Å². The summed E-state index contributed by atoms with van der Waals surface area (Å²) in [6, 6.07) is 28.4. The van der Waals surface area contributed by atoms with E-state index in [0.717, 1.165) is 5.56 Å². The van der Waals surface area contributed by atoms with E-state index in [9.17, 15) is 9.59 Å². The normalized spacial score (nSPS) is 21.5. The third-order valence-corrected chi connectivity index (χ3v) is 4.93. The second-order valence-corrected chi connectivity index (χ2v) is 6.45. The third-order valence-electron chi connectivity index (χ3n) is 4.93. The molecule has 0 aromatic heterocycles. The average Bonchev–Trinajstić information content (AvgIpc) is 3.44. The van der Waals surface area contributed by atoms with Gasteiger partial charge in [0.15, 0.2) is 11.6 Å². The molecule has 4 rings (SSSR count). The summed E-state index contributed by atoms with van der Waals surface area (Å²) in [5.74, 6) is -0.482. The van der Waals surface area contributed by atoms with E-state index in [2.05, 4.69) is 0 Å². The van der Waals surface area contributed by atoms with Crippen LogP contribution in [0.2, 0.25) is 0 Å². The van der Waals surface area contributed by atoms with E-state index in [4.69, 9.17) is 0 Å². The van der Waals surface area contributed by atoms with Gasteiger partial charge in [0.1, 0.15) is 0 Å². The predicted octanol–water partition coefficient (Wildman–Crippen LogP) is 4.78. The van der Waals surface area contributed by atoms with Crippen molar-refractivity contribution in [2.45, 2.75) is 5.92 Å². The van der Waals surface area contributed by atoms with Crippen LogP contribution in [0.5, 0.6) is 0 Å². The zero-order valence-electron chi connectivity index (χ0n) is 13.7. The van der Waals surface area contributed by atoms with Gasteiger partial charge in [-0.2, -0.15) is 0 Å². The molecule has 1 fully saturated rings. The smallest absolute Gasteiger partial charge is 0.167 e. The standard InChI is InChI=1S/C23H18O2/c24-22(17-12-6-2-7-13-17)20-19(16-10-4-1-5-11-16)21(20)23(25)18-14-8-3-9-15-18/h1-15,19-21H. The van der Waals surface area contributed by atoms with Crippen LogP contribution >= 0.6 is 0 Å². The lowest BCUT2D eigenvalue weighted by Gasteiger charge is -2.00. The fourth-order valence-corrected chi connectivity index (χ4v) is 3.64. The molecule has 0 N–H and O–H groups in total. The van der Waals surface area contributed by atoms with E-state index in [1.165, 1.54) is 0 Å². The third kappa shape index (κ3) is 2.91. The quantitative estimate of drug-likeness (QED) is 0.632. The second kappa shape index (κ2) is 6.48. The molecular formula is C23H18O2. The summed E-state index contributed by atoms with van der Waals surface area (Å²) in [5, 5.41) is 0. The molecule has 0 amide bonds. The maximum atomic E-state index is 13.0. The van der Waals surface area contributed by atoms with Crippen molar-refractivity contribution in [3.05, 3.63) is 108 Å². The van der Waals surface area contributed by atoms with Crippen molar-refractivity contribution in [1.82, 2.24) is 0 Å². The Morgan fingerprint density at radius 2 is 0.880 bits per heavy atom. The lowest BCUT2D eigenvalue weighted by Crippen LogP contribution is -2.09. The molecule has 2 nitrogen and oxygen atoms in total. The topological polar surface area (TPSA) is 34.1 Å². The minimum Gasteiger partial charge on any atom is -0.294 e. The highest BCUT2D eigenvalue weighted by molar-refractivity contribution is 6.09. The van der Waals surface area contributed by atoms with Crippen LogP contribution in [0.1, 0.15) is 32.2 Å². The molecule has 2 heteroatoms. The zero-order valence-corrected chi connectivity index (χ0v) is 13.7. The molecular weight excluding hydrogens is 308 g/mol. The van der Waals surface area contributed by atoms with Gasteiger partial charge in [0.05, 0.1) is 0 Å². The van der Waals surface area contributed by atoms with Gasteiger partial charge in [-0.25, -0.2) is 0 Å². The van der Waals surface area contributed by atoms with Crippen molar-refractivity contribution < 1.29 is 9.59 Å². The summed E-state index contributed by atoms with van der Waals surface area (Å²) >= 11 is 0. The number of ketones is 2. The van der Waals surface area contributed by atoms with Gasteiger partial charge in [-0.05, 0) is 5.56 Å². The van der Waals surface area contributed by atoms with Gasteiger partial charge >= 0.3 is 0 Å². The van der Waals surface area contributed by atoms with Crippen molar-refractivity contribution in [2.75, 3.05) is 0 Å². The molecule has 2 unspecified atom stereocenters. The molecule has 25 heavy (non-hydrogen) atoms. The molecule has 0 bridgehead atoms. The Labute approximate surface area is 147 Å². The largest absolute Gasteiger partial charge is 0.294 e. The van der Waals surface area contributed by atoms with Crippen LogP contribution in [0.4, 0.5) is 0 Å². The molecule has 122 valence electrons. The van der Waals surface area contributed by atoms with Gasteiger partial charge in [0.2, 0.25) is 0 Å². The lowest BCUT2D eigenvalue weighted by molar-refractivity contribution is 0.0906. The van der Waals surface area contributed by atoms with E-state index >= 15 is 0 Å². The number of hydrogen-bond donors (Lipinski definition) is 0. The molecule has 0 saturated heterocycles. The minimum atomic E-state index is -0.280. The molecule has 0 radical (unpaired) electrons. The number of carbonyl (C=O) groups excluding carboxylic acids is 2. The maximum absolute atomic E-state index is 13.0. The van der Waals surface area contributed by atoms with Crippen LogP contribution in [0.3, 0.4) is 0 Å². The number of benzene rings is 3. The molecule has 1 saturated carbocycles. The first-order chi connectivity index (χ1) is 12.3. The second-order valence-electron chi connectivity index (χ2n) is 6.45. The Balaban J connectivity index is 1.68. The van der Waals surface area contributed by atoms with Crippen molar-refractivity contribution in [3.63, 3.8) is 0 Å². The molecule has 0 heterocycles. The fraction of sp³-hybridized carbons (Fsp3) is 0.130. The van der Waals surface area contributed by atoms with E-state index in [-0.39, 0.29) is 29.3 Å². The molecule has 0 aliphatic heterocycles. The van der Waals surface area contributed by atoms with Crippen LogP contribution < -0.4 is 0 Å². The van der Waals surface area contributed by atoms with Crippen LogP contribution in [0.25, 0.3) is 0 Å². The predicted molar refractivity (Wildman–Crippen MR) is 97.7 cm³/mol. The number of carbonyl (C=O) groups is 2. The molecule has 3 aromatic rings. The summed E-state index contributed by atoms with van der Waals surface area (Å²) in [7, 11) is 0. The molecule has 3 aromatic carbocycles. The van der Waals surface area contributed by atoms with Gasteiger partial charge in [-0.1, -0.05) is 91.0 Å². The van der Waals surface area contributed by atoms with E-state index in [1.54, 1.807) is 0 Å².